The van der Waals surface area contributed by atoms with Crippen molar-refractivity contribution >= 4 is 17.6 Å². The zero-order valence-corrected chi connectivity index (χ0v) is 72.2. The van der Waals surface area contributed by atoms with Gasteiger partial charge in [-0.15, -0.1) is 26.3 Å². The number of epoxide rings is 4. The average Bonchev–Trinajstić information content (AvgIpc) is 1.53. The van der Waals surface area contributed by atoms with Crippen LogP contribution in [0.4, 0.5) is 0 Å². The molecule has 0 N–H and O–H groups in total. The lowest BCUT2D eigenvalue weighted by Crippen LogP contribution is -2.46. The minimum atomic E-state index is -2.94. The lowest BCUT2D eigenvalue weighted by atomic mass is 9.66. The molecule has 2 aliphatic carbocycles. The predicted octanol–water partition coefficient (Wildman–Crippen LogP) is 20.8. The molecule has 0 radical (unpaired) electrons. The van der Waals surface area contributed by atoms with Crippen LogP contribution in [0.2, 0.25) is 12.1 Å². The van der Waals surface area contributed by atoms with Crippen molar-refractivity contribution < 1.29 is 64.5 Å². The van der Waals surface area contributed by atoms with Gasteiger partial charge in [-0.3, -0.25) is 0 Å². The molecule has 4 aliphatic heterocycles. The largest absolute Gasteiger partial charge is 0.500 e. The van der Waals surface area contributed by atoms with Crippen LogP contribution in [0, 0.1) is 0 Å². The van der Waals surface area contributed by atoms with Crippen molar-refractivity contribution in [2.24, 2.45) is 0 Å². The third-order valence-electron chi connectivity index (χ3n) is 23.0. The summed E-state index contributed by atoms with van der Waals surface area (Å²) in [6, 6.07) is 56.5. The molecule has 0 aromatic heterocycles. The Bertz CT molecular complexity index is 4290. The predicted molar refractivity (Wildman–Crippen MR) is 469 cm³/mol. The highest BCUT2D eigenvalue weighted by molar-refractivity contribution is 6.61. The zero-order valence-electron chi connectivity index (χ0n) is 70.2. The van der Waals surface area contributed by atoms with Crippen LogP contribution in [-0.4, -0.2) is 135 Å². The van der Waals surface area contributed by atoms with Crippen LogP contribution in [0.1, 0.15) is 183 Å². The monoisotopic (exact) mass is 1600 g/mol. The van der Waals surface area contributed by atoms with Crippen LogP contribution in [0.15, 0.2) is 196 Å². The van der Waals surface area contributed by atoms with Crippen LogP contribution in [-0.2, 0) is 108 Å². The maximum Gasteiger partial charge on any atom is 0.500 e. The molecule has 4 atom stereocenters. The fourth-order valence-corrected chi connectivity index (χ4v) is 23.0. The third kappa shape index (κ3) is 19.3. The van der Waals surface area contributed by atoms with Crippen LogP contribution >= 0.6 is 0 Å². The minimum Gasteiger partial charge on any atom is -0.490 e. The second-order valence-corrected chi connectivity index (χ2v) is 36.6. The van der Waals surface area contributed by atoms with Gasteiger partial charge < -0.3 is 64.5 Å². The summed E-state index contributed by atoms with van der Waals surface area (Å²) < 4.78 is 87.7. The van der Waals surface area contributed by atoms with E-state index in [1.54, 1.807) is 0 Å². The molecule has 616 valence electrons. The van der Waals surface area contributed by atoms with Gasteiger partial charge in [0.15, 0.2) is 0 Å². The van der Waals surface area contributed by atoms with E-state index >= 15 is 0 Å². The van der Waals surface area contributed by atoms with E-state index in [1.165, 1.54) is 89.0 Å². The summed E-state index contributed by atoms with van der Waals surface area (Å²) in [7, 11) is -5.88. The lowest BCUT2D eigenvalue weighted by Gasteiger charge is -2.36. The van der Waals surface area contributed by atoms with Gasteiger partial charge in [0, 0.05) is 51.7 Å². The molecule has 8 aromatic rings. The maximum atomic E-state index is 7.02. The summed E-state index contributed by atoms with van der Waals surface area (Å²) in [5.41, 5.74) is 23.0. The Morgan fingerprint density at radius 1 is 0.319 bits per heavy atom. The summed E-state index contributed by atoms with van der Waals surface area (Å²) in [5.74, 6) is 3.80. The van der Waals surface area contributed by atoms with Gasteiger partial charge in [0.05, 0.1) is 37.3 Å². The Hall–Kier alpha value is -8.05. The molecule has 4 heterocycles. The van der Waals surface area contributed by atoms with Crippen molar-refractivity contribution in [2.75, 3.05) is 92.5 Å². The molecule has 4 unspecified atom stereocenters. The van der Waals surface area contributed by atoms with E-state index < -0.39 is 28.4 Å². The number of ether oxygens (including phenoxy) is 8. The highest BCUT2D eigenvalue weighted by atomic mass is 28.4. The molecule has 0 spiro atoms. The second-order valence-electron chi connectivity index (χ2n) is 31.1. The van der Waals surface area contributed by atoms with E-state index in [0.717, 1.165) is 129 Å². The normalized spacial score (nSPS) is 17.4. The van der Waals surface area contributed by atoms with Crippen molar-refractivity contribution in [1.29, 1.82) is 0 Å². The van der Waals surface area contributed by atoms with Gasteiger partial charge >= 0.3 is 17.6 Å². The molecule has 6 aliphatic rings. The van der Waals surface area contributed by atoms with Crippen LogP contribution in [0.25, 0.3) is 22.3 Å². The molecule has 16 heteroatoms. The molecule has 0 amide bonds. The number of allylic oxidation sites excluding steroid dienone is 4. The van der Waals surface area contributed by atoms with Crippen LogP contribution < -0.4 is 18.9 Å². The van der Waals surface area contributed by atoms with E-state index in [2.05, 4.69) is 186 Å². The van der Waals surface area contributed by atoms with E-state index in [0.29, 0.717) is 110 Å². The second kappa shape index (κ2) is 40.6. The Balaban J connectivity index is 0.000000216. The molecule has 4 saturated heterocycles. The number of benzene rings is 8. The molecule has 4 fully saturated rings. The molecule has 14 nitrogen and oxygen atoms in total. The minimum absolute atomic E-state index is 0.0865. The number of aryl methyl sites for hydroxylation is 4. The molecule has 8 aromatic carbocycles. The van der Waals surface area contributed by atoms with E-state index in [9.17, 15) is 0 Å². The first-order valence-corrected chi connectivity index (χ1v) is 47.0. The molecular formula is C100H124O14Si2. The molecule has 116 heavy (non-hydrogen) atoms. The first kappa shape index (κ1) is 85.8. The summed E-state index contributed by atoms with van der Waals surface area (Å²) in [6.07, 6.45) is 20.4. The van der Waals surface area contributed by atoms with E-state index in [-0.39, 0.29) is 24.4 Å². The third-order valence-corrected chi connectivity index (χ3v) is 29.3. The number of fused-ring (bicyclic) bond motifs is 6. The highest BCUT2D eigenvalue weighted by Gasteiger charge is 2.50. The van der Waals surface area contributed by atoms with Crippen LogP contribution in [0.3, 0.4) is 0 Å². The number of unbranched alkanes of at least 4 members (excludes halogenated alkanes) is 2. The topological polar surface area (TPSA) is 142 Å². The first-order chi connectivity index (χ1) is 56.9. The zero-order chi connectivity index (χ0) is 81.1. The molecule has 0 bridgehead atoms. The average molecular weight is 1610 g/mol. The maximum absolute atomic E-state index is 7.02. The Labute approximate surface area is 693 Å². The molecule has 14 rings (SSSR count). The van der Waals surface area contributed by atoms with Crippen molar-refractivity contribution in [1.82, 2.24) is 0 Å². The van der Waals surface area contributed by atoms with Crippen molar-refractivity contribution in [3.63, 3.8) is 0 Å². The quantitative estimate of drug-likeness (QED) is 0.0203. The van der Waals surface area contributed by atoms with Gasteiger partial charge in [-0.25, -0.2) is 0 Å². The van der Waals surface area contributed by atoms with Crippen LogP contribution in [0.5, 0.6) is 23.0 Å². The Morgan fingerprint density at radius 3 is 0.750 bits per heavy atom. The van der Waals surface area contributed by atoms with E-state index in [1.807, 2.05) is 65.8 Å². The van der Waals surface area contributed by atoms with E-state index in [4.69, 9.17) is 64.5 Å². The van der Waals surface area contributed by atoms with Gasteiger partial charge in [-0.1, -0.05) is 197 Å². The first-order valence-electron chi connectivity index (χ1n) is 43.2. The van der Waals surface area contributed by atoms with Crippen molar-refractivity contribution in [3.05, 3.63) is 285 Å². The Morgan fingerprint density at radius 2 is 0.534 bits per heavy atom. The summed E-state index contributed by atoms with van der Waals surface area (Å²) in [5, 5.41) is 0. The highest BCUT2D eigenvalue weighted by Crippen LogP contribution is 2.60. The summed E-state index contributed by atoms with van der Waals surface area (Å²) in [4.78, 5) is 0. The van der Waals surface area contributed by atoms with Crippen molar-refractivity contribution in [3.8, 4) is 45.3 Å². The smallest absolute Gasteiger partial charge is 0.490 e. The Kier molecular flexibility index (Phi) is 30.0. The standard InChI is InChI=1S/C57H82O10Si2.C43H42O4/c1-9-17-25-43-35-47(36-44(26-18-10-2)55(43)60-41-49-39-58-49)57(53-31-21-19-29-51(53)52-30-20-22-32-54(52)57)48-37-45(27-23-33-68(62-11-3,63-12-4)64-13-5)56(61-42-50-40-59-50)46(38-48)28-24-34-69(65-14-6,66-15-7)67-16-8;1-5-13-29-21-33(22-30(14-6-2)41(29)46-27-35-25-44-35)43(39-19-11-9-17-37(39)38-18-10-12-20-40(38)43)34-23-31(15-7-3)42(32(24-34)16-8-4)47-28-36-26-45-36/h19-22,29-32,35-38,49-50H,9-18,23-28,33-34,39-42H2,1-8H3;5-12,17-24,35-36H,1-4,13-16,25-28H2. The number of hydrogen-bond donors (Lipinski definition) is 0. The SMILES string of the molecule is C=CCc1cc(C2(c3cc(CC=C)c(OCC4CO4)c(CC=C)c3)c3ccccc3-c3ccccc32)cc(CC=C)c1OCC1CO1.CCCCc1cc(C2(c3cc(CCC[Si](OCC)(OCC)OCC)c(OCC4CO4)c(CCC[Si](OCC)(OCC)OCC)c3)c3ccccc3-c3ccccc32)cc(CCCC)c1OCC1CO1. The van der Waals surface area contributed by atoms with Crippen molar-refractivity contribution in [2.45, 2.75) is 193 Å². The number of rotatable bonds is 50. The fourth-order valence-electron chi connectivity index (χ4n) is 17.7. The summed E-state index contributed by atoms with van der Waals surface area (Å²) in [6.45, 7) is 41.6. The van der Waals surface area contributed by atoms with Gasteiger partial charge in [-0.2, -0.15) is 0 Å². The molecule has 0 saturated carbocycles. The fraction of sp³-hybridized carbons (Fsp3) is 0.440. The summed E-state index contributed by atoms with van der Waals surface area (Å²) >= 11 is 0. The lowest BCUT2D eigenvalue weighted by molar-refractivity contribution is 0.0700. The van der Waals surface area contributed by atoms with Gasteiger partial charge in [0.2, 0.25) is 0 Å². The van der Waals surface area contributed by atoms with Gasteiger partial charge in [0.1, 0.15) is 73.8 Å². The molecular weight excluding hydrogens is 1480 g/mol. The van der Waals surface area contributed by atoms with Gasteiger partial charge in [-0.05, 0) is 230 Å². The van der Waals surface area contributed by atoms with Gasteiger partial charge in [0.25, 0.3) is 0 Å². The number of hydrogen-bond acceptors (Lipinski definition) is 14.